The molecule has 1 atom stereocenters. The first-order valence-electron chi connectivity index (χ1n) is 9.21. The summed E-state index contributed by atoms with van der Waals surface area (Å²) in [6.45, 7) is 5.19. The van der Waals surface area contributed by atoms with Crippen molar-refractivity contribution in [2.24, 2.45) is 0 Å². The van der Waals surface area contributed by atoms with E-state index >= 15 is 0 Å². The topological polar surface area (TPSA) is 122 Å². The van der Waals surface area contributed by atoms with Crippen molar-refractivity contribution in [1.29, 1.82) is 0 Å². The lowest BCUT2D eigenvalue weighted by atomic mass is 10.2. The molecule has 10 heteroatoms. The average Bonchev–Trinajstić information content (AvgIpc) is 3.14. The van der Waals surface area contributed by atoms with Gasteiger partial charge in [-0.25, -0.2) is 14.3 Å². The average molecular weight is 404 g/mol. The smallest absolute Gasteiger partial charge is 0.361 e. The Labute approximate surface area is 168 Å². The second-order valence-corrected chi connectivity index (χ2v) is 5.81. The first-order chi connectivity index (χ1) is 14.0. The summed E-state index contributed by atoms with van der Waals surface area (Å²) in [6.07, 6.45) is 0.292. The number of nitrogens with one attached hydrogen (secondary N) is 1. The van der Waals surface area contributed by atoms with Gasteiger partial charge >= 0.3 is 11.9 Å². The van der Waals surface area contributed by atoms with Gasteiger partial charge in [-0.05, 0) is 44.5 Å². The van der Waals surface area contributed by atoms with Gasteiger partial charge in [-0.2, -0.15) is 0 Å². The van der Waals surface area contributed by atoms with Crippen LogP contribution in [0.25, 0.3) is 0 Å². The van der Waals surface area contributed by atoms with Gasteiger partial charge in [0.1, 0.15) is 11.8 Å². The van der Waals surface area contributed by atoms with Crippen LogP contribution in [-0.2, 0) is 14.3 Å². The lowest BCUT2D eigenvalue weighted by Crippen LogP contribution is -2.29. The Morgan fingerprint density at radius 1 is 1.03 bits per heavy atom. The minimum atomic E-state index is -0.896. The Morgan fingerprint density at radius 2 is 1.66 bits per heavy atom. The van der Waals surface area contributed by atoms with Crippen LogP contribution in [0.2, 0.25) is 0 Å². The summed E-state index contributed by atoms with van der Waals surface area (Å²) in [5.41, 5.74) is 0.0284. The third-order valence-electron chi connectivity index (χ3n) is 3.97. The van der Waals surface area contributed by atoms with Crippen molar-refractivity contribution in [3.05, 3.63) is 35.7 Å². The van der Waals surface area contributed by atoms with Crippen molar-refractivity contribution in [1.82, 2.24) is 15.0 Å². The van der Waals surface area contributed by atoms with Crippen LogP contribution in [0.1, 0.15) is 54.2 Å². The number of hydrogen-bond acceptors (Lipinski definition) is 8. The Morgan fingerprint density at radius 3 is 2.21 bits per heavy atom. The number of benzene rings is 1. The van der Waals surface area contributed by atoms with Gasteiger partial charge in [0.15, 0.2) is 5.69 Å². The Hall–Kier alpha value is -3.43. The Balaban J connectivity index is 2.36. The van der Waals surface area contributed by atoms with Gasteiger partial charge in [0.25, 0.3) is 0 Å². The summed E-state index contributed by atoms with van der Waals surface area (Å²) < 4.78 is 16.1. The highest BCUT2D eigenvalue weighted by Crippen LogP contribution is 2.21. The zero-order chi connectivity index (χ0) is 21.4. The van der Waals surface area contributed by atoms with Crippen LogP contribution in [0.5, 0.6) is 5.75 Å². The molecule has 2 aromatic rings. The first kappa shape index (κ1) is 21.9. The van der Waals surface area contributed by atoms with Crippen molar-refractivity contribution in [3.8, 4) is 5.75 Å². The second kappa shape index (κ2) is 10.2. The van der Waals surface area contributed by atoms with Crippen LogP contribution in [0.4, 0.5) is 5.69 Å². The highest BCUT2D eigenvalue weighted by Gasteiger charge is 2.33. The van der Waals surface area contributed by atoms with E-state index in [9.17, 15) is 14.4 Å². The number of aromatic nitrogens is 3. The number of carbonyl (C=O) groups is 3. The summed E-state index contributed by atoms with van der Waals surface area (Å²) in [4.78, 5) is 37.4. The molecule has 10 nitrogen and oxygen atoms in total. The number of hydrogen-bond donors (Lipinski definition) is 1. The van der Waals surface area contributed by atoms with E-state index in [4.69, 9.17) is 14.2 Å². The molecular formula is C19H24N4O6. The number of rotatable bonds is 9. The van der Waals surface area contributed by atoms with E-state index in [2.05, 4.69) is 15.6 Å². The molecule has 0 fully saturated rings. The highest BCUT2D eigenvalue weighted by molar-refractivity contribution is 6.01. The molecule has 156 valence electrons. The molecule has 29 heavy (non-hydrogen) atoms. The van der Waals surface area contributed by atoms with Gasteiger partial charge in [-0.1, -0.05) is 12.1 Å². The largest absolute Gasteiger partial charge is 0.497 e. The molecule has 0 radical (unpaired) electrons. The van der Waals surface area contributed by atoms with E-state index in [1.807, 2.05) is 0 Å². The molecule has 0 aliphatic heterocycles. The van der Waals surface area contributed by atoms with E-state index in [1.54, 1.807) is 52.1 Å². The minimum Gasteiger partial charge on any atom is -0.497 e. The summed E-state index contributed by atoms with van der Waals surface area (Å²) in [7, 11) is 1.55. The molecule has 2 rings (SSSR count). The van der Waals surface area contributed by atoms with Crippen molar-refractivity contribution in [3.63, 3.8) is 0 Å². The summed E-state index contributed by atoms with van der Waals surface area (Å²) >= 11 is 0. The number of carbonyl (C=O) groups excluding carboxylic acids is 3. The fourth-order valence-corrected chi connectivity index (χ4v) is 2.61. The zero-order valence-corrected chi connectivity index (χ0v) is 16.8. The van der Waals surface area contributed by atoms with Crippen LogP contribution in [-0.4, -0.2) is 53.2 Å². The van der Waals surface area contributed by atoms with E-state index in [0.717, 1.165) is 4.68 Å². The van der Waals surface area contributed by atoms with E-state index in [-0.39, 0.29) is 24.6 Å². The predicted molar refractivity (Wildman–Crippen MR) is 103 cm³/mol. The maximum absolute atomic E-state index is 12.8. The van der Waals surface area contributed by atoms with Gasteiger partial charge in [0.2, 0.25) is 11.6 Å². The van der Waals surface area contributed by atoms with Gasteiger partial charge < -0.3 is 19.5 Å². The summed E-state index contributed by atoms with van der Waals surface area (Å²) in [5, 5.41) is 10.4. The molecule has 0 unspecified atom stereocenters. The number of esters is 2. The van der Waals surface area contributed by atoms with E-state index in [1.165, 1.54) is 0 Å². The van der Waals surface area contributed by atoms with Crippen molar-refractivity contribution in [2.45, 2.75) is 33.2 Å². The zero-order valence-electron chi connectivity index (χ0n) is 16.8. The fourth-order valence-electron chi connectivity index (χ4n) is 2.61. The molecule has 1 aromatic heterocycles. The van der Waals surface area contributed by atoms with Crippen LogP contribution in [0.3, 0.4) is 0 Å². The first-order valence-corrected chi connectivity index (χ1v) is 9.21. The number of amides is 1. The molecule has 1 amide bonds. The SMILES string of the molecule is CCOC(=O)c1nnn([C@@H](CC)C(=O)Nc2ccc(OC)cc2)c1C(=O)OCC. The molecule has 1 aromatic carbocycles. The lowest BCUT2D eigenvalue weighted by Gasteiger charge is -2.17. The van der Waals surface area contributed by atoms with E-state index < -0.39 is 23.9 Å². The molecule has 1 N–H and O–H groups in total. The molecular weight excluding hydrogens is 380 g/mol. The number of ether oxygens (including phenoxy) is 3. The number of methoxy groups -OCH3 is 1. The normalized spacial score (nSPS) is 11.4. The van der Waals surface area contributed by atoms with E-state index in [0.29, 0.717) is 17.9 Å². The molecule has 0 bridgehead atoms. The standard InChI is InChI=1S/C19H24N4O6/c1-5-14(17(24)20-12-8-10-13(27-4)11-9-12)23-16(19(26)29-7-3)15(21-22-23)18(25)28-6-2/h8-11,14H,5-7H2,1-4H3,(H,20,24)/t14-/m0/s1. The monoisotopic (exact) mass is 404 g/mol. The maximum atomic E-state index is 12.8. The molecule has 0 saturated heterocycles. The van der Waals surface area contributed by atoms with Crippen LogP contribution in [0.15, 0.2) is 24.3 Å². The fraction of sp³-hybridized carbons (Fsp3) is 0.421. The third kappa shape index (κ3) is 5.09. The van der Waals surface area contributed by atoms with Crippen LogP contribution in [0, 0.1) is 0 Å². The Kier molecular flexibility index (Phi) is 7.70. The minimum absolute atomic E-state index is 0.0844. The van der Waals surface area contributed by atoms with Gasteiger partial charge in [0, 0.05) is 5.69 Å². The third-order valence-corrected chi connectivity index (χ3v) is 3.97. The maximum Gasteiger partial charge on any atom is 0.361 e. The van der Waals surface area contributed by atoms with Crippen molar-refractivity contribution >= 4 is 23.5 Å². The van der Waals surface area contributed by atoms with Gasteiger partial charge in [-0.15, -0.1) is 5.10 Å². The molecule has 0 spiro atoms. The quantitative estimate of drug-likeness (QED) is 0.632. The highest BCUT2D eigenvalue weighted by atomic mass is 16.5. The van der Waals surface area contributed by atoms with Gasteiger partial charge in [-0.3, -0.25) is 4.79 Å². The lowest BCUT2D eigenvalue weighted by molar-refractivity contribution is -0.119. The Bertz CT molecular complexity index is 862. The second-order valence-electron chi connectivity index (χ2n) is 5.81. The summed E-state index contributed by atoms with van der Waals surface area (Å²) in [5.74, 6) is -1.40. The van der Waals surface area contributed by atoms with Gasteiger partial charge in [0.05, 0.1) is 20.3 Å². The number of nitrogens with zero attached hydrogens (tertiary/aromatic N) is 3. The van der Waals surface area contributed by atoms with Crippen molar-refractivity contribution < 1.29 is 28.6 Å². The van der Waals surface area contributed by atoms with Crippen LogP contribution < -0.4 is 10.1 Å². The molecule has 0 aliphatic rings. The molecule has 0 saturated carbocycles. The van der Waals surface area contributed by atoms with Crippen molar-refractivity contribution in [2.75, 3.05) is 25.6 Å². The summed E-state index contributed by atoms with van der Waals surface area (Å²) in [6, 6.07) is 5.87. The molecule has 1 heterocycles. The van der Waals surface area contributed by atoms with Crippen LogP contribution >= 0.6 is 0 Å². The number of anilines is 1. The predicted octanol–water partition coefficient (Wildman–Crippen LogP) is 2.23. The molecule has 0 aliphatic carbocycles.